The number of hydrogen-bond donors (Lipinski definition) is 2. The molecule has 0 rings (SSSR count). The van der Waals surface area contributed by atoms with Crippen molar-refractivity contribution >= 4 is 11.7 Å². The molecule has 0 aromatic rings. The molecule has 0 atom stereocenters. The lowest BCUT2D eigenvalue weighted by Crippen LogP contribution is -2.28. The van der Waals surface area contributed by atoms with Gasteiger partial charge in [-0.1, -0.05) is 26.5 Å². The van der Waals surface area contributed by atoms with Crippen molar-refractivity contribution in [3.8, 4) is 0 Å². The van der Waals surface area contributed by atoms with Crippen LogP contribution in [0.3, 0.4) is 0 Å². The zero-order chi connectivity index (χ0) is 11.6. The zero-order valence-corrected chi connectivity index (χ0v) is 9.29. The van der Waals surface area contributed by atoms with E-state index in [1.54, 1.807) is 13.0 Å². The molecule has 14 heavy (non-hydrogen) atoms. The first-order valence-electron chi connectivity index (χ1n) is 4.50. The van der Waals surface area contributed by atoms with Gasteiger partial charge in [0.15, 0.2) is 0 Å². The van der Waals surface area contributed by atoms with Crippen LogP contribution in [0.5, 0.6) is 0 Å². The van der Waals surface area contributed by atoms with Gasteiger partial charge >= 0.3 is 0 Å². The molecule has 0 aliphatic heterocycles. The van der Waals surface area contributed by atoms with Crippen LogP contribution in [0.15, 0.2) is 29.4 Å². The normalized spacial score (nSPS) is 11.1. The Bertz CT molecular complexity index is 242. The monoisotopic (exact) mass is 197 g/mol. The number of likely N-dealkylation sites (N-methyl/N-ethyl adjacent to an activating group) is 1. The molecule has 0 aromatic heterocycles. The molecular weight excluding hydrogens is 178 g/mol. The second-order valence-electron chi connectivity index (χ2n) is 1.98. The van der Waals surface area contributed by atoms with Crippen LogP contribution in [0.2, 0.25) is 0 Å². The number of nitrogens with zero attached hydrogens (tertiary/aromatic N) is 1. The van der Waals surface area contributed by atoms with Gasteiger partial charge in [-0.3, -0.25) is 4.79 Å². The van der Waals surface area contributed by atoms with Gasteiger partial charge in [-0.05, 0) is 6.92 Å². The molecule has 80 valence electrons. The van der Waals surface area contributed by atoms with Crippen LogP contribution < -0.4 is 11.1 Å². The van der Waals surface area contributed by atoms with E-state index < -0.39 is 0 Å². The summed E-state index contributed by atoms with van der Waals surface area (Å²) in [5, 5.41) is 2.45. The SMILES string of the molecule is C=CN=C(N)/C(=C\C)C(=O)NC.CC. The third-order valence-electron chi connectivity index (χ3n) is 1.27. The minimum atomic E-state index is -0.249. The van der Waals surface area contributed by atoms with E-state index in [9.17, 15) is 4.79 Å². The molecular formula is C10H19N3O. The first kappa shape index (κ1) is 14.9. The predicted molar refractivity (Wildman–Crippen MR) is 61.0 cm³/mol. The van der Waals surface area contributed by atoms with Crippen molar-refractivity contribution in [3.63, 3.8) is 0 Å². The lowest BCUT2D eigenvalue weighted by molar-refractivity contribution is -0.116. The molecule has 0 radical (unpaired) electrons. The fourth-order valence-electron chi connectivity index (χ4n) is 0.698. The summed E-state index contributed by atoms with van der Waals surface area (Å²) in [6, 6.07) is 0. The number of rotatable bonds is 3. The predicted octanol–water partition coefficient (Wildman–Crippen LogP) is 1.21. The van der Waals surface area contributed by atoms with E-state index >= 15 is 0 Å². The first-order chi connectivity index (χ1) is 6.67. The third-order valence-corrected chi connectivity index (χ3v) is 1.27. The molecule has 0 aliphatic rings. The fraction of sp³-hybridized carbons (Fsp3) is 0.400. The van der Waals surface area contributed by atoms with Gasteiger partial charge in [0.05, 0.1) is 5.57 Å². The highest BCUT2D eigenvalue weighted by Gasteiger charge is 2.08. The summed E-state index contributed by atoms with van der Waals surface area (Å²) in [7, 11) is 1.53. The molecule has 4 heteroatoms. The van der Waals surface area contributed by atoms with Gasteiger partial charge < -0.3 is 11.1 Å². The Balaban J connectivity index is 0. The average molecular weight is 197 g/mol. The minimum Gasteiger partial charge on any atom is -0.383 e. The van der Waals surface area contributed by atoms with Crippen LogP contribution in [-0.2, 0) is 4.79 Å². The summed E-state index contributed by atoms with van der Waals surface area (Å²) in [4.78, 5) is 14.8. The van der Waals surface area contributed by atoms with Crippen molar-refractivity contribution in [2.24, 2.45) is 10.7 Å². The molecule has 3 N–H and O–H groups in total. The first-order valence-corrected chi connectivity index (χ1v) is 4.50. The molecule has 0 aliphatic carbocycles. The topological polar surface area (TPSA) is 67.5 Å². The zero-order valence-electron chi connectivity index (χ0n) is 9.29. The third kappa shape index (κ3) is 5.13. The average Bonchev–Trinajstić information content (AvgIpc) is 2.22. The van der Waals surface area contributed by atoms with Gasteiger partial charge in [-0.15, -0.1) is 0 Å². The van der Waals surface area contributed by atoms with Gasteiger partial charge in [0.1, 0.15) is 5.84 Å². The number of allylic oxidation sites excluding steroid dienone is 1. The van der Waals surface area contributed by atoms with Gasteiger partial charge in [-0.2, -0.15) is 0 Å². The largest absolute Gasteiger partial charge is 0.383 e. The Morgan fingerprint density at radius 2 is 2.00 bits per heavy atom. The number of carbonyl (C=O) groups excluding carboxylic acids is 1. The van der Waals surface area contributed by atoms with Crippen molar-refractivity contribution in [2.45, 2.75) is 20.8 Å². The number of amides is 1. The van der Waals surface area contributed by atoms with Crippen LogP contribution in [-0.4, -0.2) is 18.8 Å². The van der Waals surface area contributed by atoms with Crippen molar-refractivity contribution in [3.05, 3.63) is 24.4 Å². The highest BCUT2D eigenvalue weighted by molar-refractivity contribution is 6.20. The Labute approximate surface area is 85.6 Å². The summed E-state index contributed by atoms with van der Waals surface area (Å²) in [5.41, 5.74) is 5.82. The molecule has 0 bridgehead atoms. The number of hydrogen-bond acceptors (Lipinski definition) is 2. The summed E-state index contributed by atoms with van der Waals surface area (Å²) in [6.45, 7) is 9.09. The van der Waals surface area contributed by atoms with E-state index in [1.807, 2.05) is 13.8 Å². The van der Waals surface area contributed by atoms with Gasteiger partial charge in [0, 0.05) is 13.2 Å². The number of nitrogens with two attached hydrogens (primary N) is 1. The molecule has 1 amide bonds. The Morgan fingerprint density at radius 1 is 1.50 bits per heavy atom. The molecule has 0 aromatic carbocycles. The van der Waals surface area contributed by atoms with Crippen molar-refractivity contribution < 1.29 is 4.79 Å². The van der Waals surface area contributed by atoms with E-state index in [2.05, 4.69) is 16.9 Å². The molecule has 0 saturated heterocycles. The summed E-state index contributed by atoms with van der Waals surface area (Å²) < 4.78 is 0. The molecule has 0 heterocycles. The Morgan fingerprint density at radius 3 is 2.29 bits per heavy atom. The van der Waals surface area contributed by atoms with E-state index in [-0.39, 0.29) is 11.7 Å². The Kier molecular flexibility index (Phi) is 10.1. The molecule has 0 saturated carbocycles. The van der Waals surface area contributed by atoms with Gasteiger partial charge in [0.25, 0.3) is 5.91 Å². The van der Waals surface area contributed by atoms with Crippen molar-refractivity contribution in [2.75, 3.05) is 7.05 Å². The number of amidine groups is 1. The summed E-state index contributed by atoms with van der Waals surface area (Å²) in [6.07, 6.45) is 2.89. The summed E-state index contributed by atoms with van der Waals surface area (Å²) >= 11 is 0. The maximum Gasteiger partial charge on any atom is 0.254 e. The van der Waals surface area contributed by atoms with Crippen LogP contribution in [0.1, 0.15) is 20.8 Å². The van der Waals surface area contributed by atoms with Crippen LogP contribution >= 0.6 is 0 Å². The molecule has 0 fully saturated rings. The number of nitrogens with one attached hydrogen (secondary N) is 1. The highest BCUT2D eigenvalue weighted by atomic mass is 16.1. The minimum absolute atomic E-state index is 0.173. The Hall–Kier alpha value is -1.58. The standard InChI is InChI=1S/C8H13N3O.C2H6/c1-4-6(8(12)10-3)7(9)11-5-2;1-2/h4-5H,2H2,1,3H3,(H2,9,11)(H,10,12);1-2H3/b6-4+;. The second-order valence-corrected chi connectivity index (χ2v) is 1.98. The molecule has 0 spiro atoms. The van der Waals surface area contributed by atoms with E-state index in [1.165, 1.54) is 13.2 Å². The number of aliphatic imine (C=N–C) groups is 1. The van der Waals surface area contributed by atoms with Crippen molar-refractivity contribution in [1.82, 2.24) is 5.32 Å². The van der Waals surface area contributed by atoms with Crippen molar-refractivity contribution in [1.29, 1.82) is 0 Å². The number of carbonyl (C=O) groups is 1. The fourth-order valence-corrected chi connectivity index (χ4v) is 0.698. The maximum absolute atomic E-state index is 11.1. The van der Waals surface area contributed by atoms with Gasteiger partial charge in [0.2, 0.25) is 0 Å². The van der Waals surface area contributed by atoms with Crippen LogP contribution in [0.25, 0.3) is 0 Å². The van der Waals surface area contributed by atoms with Gasteiger partial charge in [-0.25, -0.2) is 4.99 Å². The smallest absolute Gasteiger partial charge is 0.254 e. The second kappa shape index (κ2) is 9.51. The van der Waals surface area contributed by atoms with E-state index in [4.69, 9.17) is 5.73 Å². The maximum atomic E-state index is 11.1. The molecule has 4 nitrogen and oxygen atoms in total. The van der Waals surface area contributed by atoms with E-state index in [0.29, 0.717) is 5.57 Å². The highest BCUT2D eigenvalue weighted by Crippen LogP contribution is 1.94. The lowest BCUT2D eigenvalue weighted by atomic mass is 10.2. The van der Waals surface area contributed by atoms with Crippen LogP contribution in [0, 0.1) is 0 Å². The lowest BCUT2D eigenvalue weighted by Gasteiger charge is -2.02. The van der Waals surface area contributed by atoms with E-state index in [0.717, 1.165) is 0 Å². The quantitative estimate of drug-likeness (QED) is 0.405. The molecule has 0 unspecified atom stereocenters. The summed E-state index contributed by atoms with van der Waals surface area (Å²) in [5.74, 6) is -0.0764. The van der Waals surface area contributed by atoms with Crippen LogP contribution in [0.4, 0.5) is 0 Å².